The zero-order valence-corrected chi connectivity index (χ0v) is 12.9. The molecule has 6 heteroatoms. The molecule has 0 aliphatic carbocycles. The Morgan fingerprint density at radius 3 is 3.14 bits per heavy atom. The van der Waals surface area contributed by atoms with Gasteiger partial charge in [0.05, 0.1) is 12.1 Å². The minimum atomic E-state index is 0.158. The van der Waals surface area contributed by atoms with Crippen molar-refractivity contribution in [2.24, 2.45) is 0 Å². The molecule has 0 unspecified atom stereocenters. The molecule has 1 amide bonds. The maximum atomic E-state index is 12.3. The summed E-state index contributed by atoms with van der Waals surface area (Å²) in [6.07, 6.45) is 1.38. The van der Waals surface area contributed by atoms with Crippen molar-refractivity contribution < 1.29 is 9.21 Å². The summed E-state index contributed by atoms with van der Waals surface area (Å²) >= 11 is 1.52. The first-order chi connectivity index (χ1) is 10.2. The van der Waals surface area contributed by atoms with Crippen LogP contribution < -0.4 is 5.32 Å². The minimum Gasteiger partial charge on any atom is -0.459 e. The summed E-state index contributed by atoms with van der Waals surface area (Å²) in [7, 11) is 0. The quantitative estimate of drug-likeness (QED) is 0.943. The highest BCUT2D eigenvalue weighted by Crippen LogP contribution is 2.25. The highest BCUT2D eigenvalue weighted by molar-refractivity contribution is 7.13. The summed E-state index contributed by atoms with van der Waals surface area (Å²) in [5.41, 5.74) is 0.825. The van der Waals surface area contributed by atoms with Gasteiger partial charge >= 0.3 is 0 Å². The average Bonchev–Trinajstić information content (AvgIpc) is 3.00. The number of furan rings is 1. The second-order valence-corrected chi connectivity index (χ2v) is 6.07. The van der Waals surface area contributed by atoms with Gasteiger partial charge in [-0.25, -0.2) is 4.98 Å². The van der Waals surface area contributed by atoms with E-state index in [9.17, 15) is 4.79 Å². The fraction of sp³-hybridized carbons (Fsp3) is 0.467. The van der Waals surface area contributed by atoms with E-state index in [-0.39, 0.29) is 5.91 Å². The zero-order chi connectivity index (χ0) is 14.7. The van der Waals surface area contributed by atoms with Gasteiger partial charge < -0.3 is 14.6 Å². The maximum absolute atomic E-state index is 12.3. The van der Waals surface area contributed by atoms with Crippen LogP contribution >= 0.6 is 11.3 Å². The van der Waals surface area contributed by atoms with Crippen LogP contribution in [0.15, 0.2) is 21.9 Å². The number of nitrogens with one attached hydrogen (secondary N) is 1. The van der Waals surface area contributed by atoms with Gasteiger partial charge in [0.1, 0.15) is 5.76 Å². The molecule has 0 radical (unpaired) electrons. The summed E-state index contributed by atoms with van der Waals surface area (Å²) in [5.74, 6) is 1.80. The predicted octanol–water partition coefficient (Wildman–Crippen LogP) is 2.08. The Morgan fingerprint density at radius 2 is 2.33 bits per heavy atom. The van der Waals surface area contributed by atoms with Crippen LogP contribution in [0.25, 0.3) is 10.8 Å². The molecule has 0 aromatic carbocycles. The van der Waals surface area contributed by atoms with Crippen LogP contribution in [0.1, 0.15) is 17.9 Å². The average molecular weight is 305 g/mol. The minimum absolute atomic E-state index is 0.158. The number of nitrogens with zero attached hydrogens (tertiary/aromatic N) is 2. The number of aromatic nitrogens is 1. The van der Waals surface area contributed by atoms with Gasteiger partial charge in [0.2, 0.25) is 5.91 Å². The van der Waals surface area contributed by atoms with E-state index in [1.807, 2.05) is 29.3 Å². The molecule has 1 N–H and O–H groups in total. The Kier molecular flexibility index (Phi) is 4.36. The molecule has 0 atom stereocenters. The first kappa shape index (κ1) is 14.3. The standard InChI is InChI=1S/C15H19N3O2S/c1-11-3-4-13(20-11)15-17-12(10-21-15)9-14(19)18-7-2-5-16-6-8-18/h3-4,10,16H,2,5-9H2,1H3. The van der Waals surface area contributed by atoms with Crippen LogP contribution in [0.2, 0.25) is 0 Å². The van der Waals surface area contributed by atoms with E-state index in [0.29, 0.717) is 6.42 Å². The van der Waals surface area contributed by atoms with Crippen LogP contribution in [0.3, 0.4) is 0 Å². The number of amides is 1. The van der Waals surface area contributed by atoms with Gasteiger partial charge in [0.15, 0.2) is 10.8 Å². The lowest BCUT2D eigenvalue weighted by atomic mass is 10.3. The van der Waals surface area contributed by atoms with Gasteiger partial charge in [0, 0.05) is 25.0 Å². The van der Waals surface area contributed by atoms with E-state index in [1.165, 1.54) is 11.3 Å². The van der Waals surface area contributed by atoms with E-state index in [4.69, 9.17) is 4.42 Å². The van der Waals surface area contributed by atoms with Gasteiger partial charge in [-0.15, -0.1) is 11.3 Å². The molecular weight excluding hydrogens is 286 g/mol. The van der Waals surface area contributed by atoms with Crippen LogP contribution in [0, 0.1) is 6.92 Å². The lowest BCUT2D eigenvalue weighted by molar-refractivity contribution is -0.130. The Bertz CT molecular complexity index is 612. The molecule has 21 heavy (non-hydrogen) atoms. The highest BCUT2D eigenvalue weighted by atomic mass is 32.1. The molecule has 112 valence electrons. The first-order valence-electron chi connectivity index (χ1n) is 7.22. The van der Waals surface area contributed by atoms with Crippen LogP contribution in [-0.4, -0.2) is 42.0 Å². The second kappa shape index (κ2) is 6.41. The molecule has 2 aromatic rings. The van der Waals surface area contributed by atoms with E-state index in [0.717, 1.165) is 54.8 Å². The summed E-state index contributed by atoms with van der Waals surface area (Å²) in [6.45, 7) is 5.39. The molecule has 1 fully saturated rings. The Labute approximate surface area is 128 Å². The van der Waals surface area contributed by atoms with Crippen molar-refractivity contribution in [2.45, 2.75) is 19.8 Å². The number of hydrogen-bond donors (Lipinski definition) is 1. The zero-order valence-electron chi connectivity index (χ0n) is 12.1. The van der Waals surface area contributed by atoms with Crippen molar-refractivity contribution in [1.82, 2.24) is 15.2 Å². The van der Waals surface area contributed by atoms with Gasteiger partial charge in [-0.3, -0.25) is 4.79 Å². The van der Waals surface area contributed by atoms with E-state index >= 15 is 0 Å². The molecule has 0 bridgehead atoms. The second-order valence-electron chi connectivity index (χ2n) is 5.22. The third-order valence-corrected chi connectivity index (χ3v) is 4.43. The summed E-state index contributed by atoms with van der Waals surface area (Å²) in [5, 5.41) is 6.09. The summed E-state index contributed by atoms with van der Waals surface area (Å²) < 4.78 is 5.57. The van der Waals surface area contributed by atoms with Gasteiger partial charge in [-0.05, 0) is 32.0 Å². The van der Waals surface area contributed by atoms with Gasteiger partial charge in [-0.2, -0.15) is 0 Å². The van der Waals surface area contributed by atoms with E-state index in [1.54, 1.807) is 0 Å². The largest absolute Gasteiger partial charge is 0.459 e. The molecular formula is C15H19N3O2S. The third kappa shape index (κ3) is 3.51. The lowest BCUT2D eigenvalue weighted by Crippen LogP contribution is -2.35. The fourth-order valence-corrected chi connectivity index (χ4v) is 3.19. The maximum Gasteiger partial charge on any atom is 0.228 e. The first-order valence-corrected chi connectivity index (χ1v) is 8.10. The third-order valence-electron chi connectivity index (χ3n) is 3.53. The number of rotatable bonds is 3. The molecule has 1 saturated heterocycles. The lowest BCUT2D eigenvalue weighted by Gasteiger charge is -2.19. The van der Waals surface area contributed by atoms with Gasteiger partial charge in [-0.1, -0.05) is 0 Å². The Morgan fingerprint density at radius 1 is 1.43 bits per heavy atom. The molecule has 5 nitrogen and oxygen atoms in total. The monoisotopic (exact) mass is 305 g/mol. The van der Waals surface area contributed by atoms with Crippen LogP contribution in [-0.2, 0) is 11.2 Å². The van der Waals surface area contributed by atoms with Crippen molar-refractivity contribution in [2.75, 3.05) is 26.2 Å². The number of carbonyl (C=O) groups excluding carboxylic acids is 1. The molecule has 3 rings (SSSR count). The number of carbonyl (C=O) groups is 1. The van der Waals surface area contributed by atoms with Gasteiger partial charge in [0.25, 0.3) is 0 Å². The highest BCUT2D eigenvalue weighted by Gasteiger charge is 2.17. The Balaban J connectivity index is 1.65. The van der Waals surface area contributed by atoms with Crippen molar-refractivity contribution in [3.05, 3.63) is 29.0 Å². The molecule has 0 spiro atoms. The molecule has 1 aliphatic rings. The number of hydrogen-bond acceptors (Lipinski definition) is 5. The summed E-state index contributed by atoms with van der Waals surface area (Å²) in [4.78, 5) is 18.7. The van der Waals surface area contributed by atoms with Crippen molar-refractivity contribution >= 4 is 17.2 Å². The normalized spacial score (nSPS) is 16.0. The van der Waals surface area contributed by atoms with Crippen molar-refractivity contribution in [1.29, 1.82) is 0 Å². The van der Waals surface area contributed by atoms with E-state index < -0.39 is 0 Å². The van der Waals surface area contributed by atoms with Crippen molar-refractivity contribution in [3.8, 4) is 10.8 Å². The van der Waals surface area contributed by atoms with E-state index in [2.05, 4.69) is 10.3 Å². The molecule has 0 saturated carbocycles. The van der Waals surface area contributed by atoms with Crippen LogP contribution in [0.4, 0.5) is 0 Å². The fourth-order valence-electron chi connectivity index (χ4n) is 2.41. The number of thiazole rings is 1. The topological polar surface area (TPSA) is 58.4 Å². The molecule has 1 aliphatic heterocycles. The Hall–Kier alpha value is -1.66. The molecule has 3 heterocycles. The predicted molar refractivity (Wildman–Crippen MR) is 82.3 cm³/mol. The smallest absolute Gasteiger partial charge is 0.228 e. The SMILES string of the molecule is Cc1ccc(-c2nc(CC(=O)N3CCCNCC3)cs2)o1. The number of aryl methyl sites for hydroxylation is 1. The molecule has 2 aromatic heterocycles. The summed E-state index contributed by atoms with van der Waals surface area (Å²) in [6, 6.07) is 3.84. The van der Waals surface area contributed by atoms with Crippen molar-refractivity contribution in [3.63, 3.8) is 0 Å². The van der Waals surface area contributed by atoms with Crippen LogP contribution in [0.5, 0.6) is 0 Å².